The summed E-state index contributed by atoms with van der Waals surface area (Å²) < 4.78 is 0. The highest BCUT2D eigenvalue weighted by atomic mass is 16.4. The molecule has 0 aliphatic heterocycles. The number of carboxylic acid groups (broad SMARTS) is 1. The van der Waals surface area contributed by atoms with Crippen molar-refractivity contribution in [1.29, 1.82) is 0 Å². The summed E-state index contributed by atoms with van der Waals surface area (Å²) in [5.74, 6) is 0.110. The van der Waals surface area contributed by atoms with Crippen molar-refractivity contribution >= 4 is 5.97 Å². The maximum atomic E-state index is 10.8. The summed E-state index contributed by atoms with van der Waals surface area (Å²) in [5, 5.41) is 12.0. The van der Waals surface area contributed by atoms with E-state index in [0.29, 0.717) is 6.42 Å². The van der Waals surface area contributed by atoms with Crippen molar-refractivity contribution in [3.8, 4) is 0 Å². The lowest BCUT2D eigenvalue weighted by Gasteiger charge is -2.22. The molecule has 1 saturated carbocycles. The molecule has 0 radical (unpaired) electrons. The van der Waals surface area contributed by atoms with Crippen LogP contribution in [0, 0.1) is 5.92 Å². The summed E-state index contributed by atoms with van der Waals surface area (Å²) in [6.45, 7) is 2.77. The summed E-state index contributed by atoms with van der Waals surface area (Å²) in [4.78, 5) is 10.8. The van der Waals surface area contributed by atoms with Crippen molar-refractivity contribution in [2.45, 2.75) is 57.9 Å². The fourth-order valence-electron chi connectivity index (χ4n) is 2.34. The molecule has 0 aromatic carbocycles. The van der Waals surface area contributed by atoms with Crippen LogP contribution >= 0.6 is 0 Å². The molecule has 15 heavy (non-hydrogen) atoms. The van der Waals surface area contributed by atoms with E-state index in [1.807, 2.05) is 6.92 Å². The number of rotatable bonds is 6. The molecule has 0 saturated heterocycles. The molecular formula is C12H23NO2. The SMILES string of the molecule is CCC(NCCC1CCCCC1)C(=O)O. The molecule has 3 nitrogen and oxygen atoms in total. The fraction of sp³-hybridized carbons (Fsp3) is 0.917. The minimum absolute atomic E-state index is 0.353. The predicted octanol–water partition coefficient (Wildman–Crippen LogP) is 2.41. The molecule has 1 aliphatic rings. The van der Waals surface area contributed by atoms with E-state index in [9.17, 15) is 4.79 Å². The second-order valence-electron chi connectivity index (χ2n) is 4.55. The first-order valence-electron chi connectivity index (χ1n) is 6.20. The zero-order valence-electron chi connectivity index (χ0n) is 9.67. The molecule has 0 aromatic heterocycles. The average Bonchev–Trinajstić information content (AvgIpc) is 2.25. The van der Waals surface area contributed by atoms with Crippen LogP contribution in [0.2, 0.25) is 0 Å². The van der Waals surface area contributed by atoms with E-state index in [4.69, 9.17) is 5.11 Å². The maximum Gasteiger partial charge on any atom is 0.320 e. The van der Waals surface area contributed by atoms with Gasteiger partial charge in [-0.05, 0) is 25.3 Å². The van der Waals surface area contributed by atoms with E-state index in [1.54, 1.807) is 0 Å². The predicted molar refractivity (Wildman–Crippen MR) is 60.9 cm³/mol. The van der Waals surface area contributed by atoms with Crippen LogP contribution in [0.25, 0.3) is 0 Å². The van der Waals surface area contributed by atoms with Gasteiger partial charge in [0.1, 0.15) is 6.04 Å². The molecule has 1 fully saturated rings. The molecule has 2 N–H and O–H groups in total. The van der Waals surface area contributed by atoms with Gasteiger partial charge in [0, 0.05) is 0 Å². The number of carbonyl (C=O) groups is 1. The molecule has 1 aliphatic carbocycles. The summed E-state index contributed by atoms with van der Waals surface area (Å²) in [5.41, 5.74) is 0. The third kappa shape index (κ3) is 4.65. The molecule has 0 aromatic rings. The van der Waals surface area contributed by atoms with Crippen LogP contribution in [-0.2, 0) is 4.79 Å². The molecule has 0 amide bonds. The smallest absolute Gasteiger partial charge is 0.320 e. The monoisotopic (exact) mass is 213 g/mol. The molecule has 88 valence electrons. The van der Waals surface area contributed by atoms with E-state index in [-0.39, 0.29) is 6.04 Å². The highest BCUT2D eigenvalue weighted by molar-refractivity contribution is 5.73. The Hall–Kier alpha value is -0.570. The Balaban J connectivity index is 2.11. The second kappa shape index (κ2) is 6.83. The van der Waals surface area contributed by atoms with Crippen molar-refractivity contribution in [3.63, 3.8) is 0 Å². The van der Waals surface area contributed by atoms with Gasteiger partial charge in [0.2, 0.25) is 0 Å². The highest BCUT2D eigenvalue weighted by Gasteiger charge is 2.16. The van der Waals surface area contributed by atoms with E-state index < -0.39 is 5.97 Å². The lowest BCUT2D eigenvalue weighted by Crippen LogP contribution is -2.37. The number of hydrogen-bond donors (Lipinski definition) is 2. The first kappa shape index (κ1) is 12.5. The third-order valence-corrected chi connectivity index (χ3v) is 3.37. The fourth-order valence-corrected chi connectivity index (χ4v) is 2.34. The van der Waals surface area contributed by atoms with Gasteiger partial charge >= 0.3 is 5.97 Å². The highest BCUT2D eigenvalue weighted by Crippen LogP contribution is 2.25. The lowest BCUT2D eigenvalue weighted by atomic mass is 9.87. The van der Waals surface area contributed by atoms with E-state index in [1.165, 1.54) is 32.1 Å². The average molecular weight is 213 g/mol. The Morgan fingerprint density at radius 3 is 2.60 bits per heavy atom. The van der Waals surface area contributed by atoms with Gasteiger partial charge in [0.05, 0.1) is 0 Å². The van der Waals surface area contributed by atoms with Gasteiger partial charge in [-0.1, -0.05) is 39.0 Å². The Morgan fingerprint density at radius 2 is 2.07 bits per heavy atom. The first-order valence-corrected chi connectivity index (χ1v) is 6.20. The van der Waals surface area contributed by atoms with Gasteiger partial charge in [-0.25, -0.2) is 0 Å². The number of nitrogens with one attached hydrogen (secondary N) is 1. The minimum atomic E-state index is -0.721. The molecule has 1 atom stereocenters. The summed E-state index contributed by atoms with van der Waals surface area (Å²) in [6, 6.07) is -0.353. The van der Waals surface area contributed by atoms with Crippen LogP contribution in [-0.4, -0.2) is 23.7 Å². The van der Waals surface area contributed by atoms with Crippen molar-refractivity contribution in [2.75, 3.05) is 6.54 Å². The van der Waals surface area contributed by atoms with Crippen LogP contribution in [0.15, 0.2) is 0 Å². The lowest BCUT2D eigenvalue weighted by molar-refractivity contribution is -0.139. The van der Waals surface area contributed by atoms with Gasteiger partial charge < -0.3 is 10.4 Å². The number of hydrogen-bond acceptors (Lipinski definition) is 2. The topological polar surface area (TPSA) is 49.3 Å². The van der Waals surface area contributed by atoms with Crippen molar-refractivity contribution in [1.82, 2.24) is 5.32 Å². The van der Waals surface area contributed by atoms with Crippen molar-refractivity contribution in [3.05, 3.63) is 0 Å². The van der Waals surface area contributed by atoms with Crippen LogP contribution in [0.4, 0.5) is 0 Å². The number of carboxylic acids is 1. The Morgan fingerprint density at radius 1 is 1.40 bits per heavy atom. The summed E-state index contributed by atoms with van der Waals surface area (Å²) >= 11 is 0. The van der Waals surface area contributed by atoms with Crippen LogP contribution in [0.5, 0.6) is 0 Å². The standard InChI is InChI=1S/C12H23NO2/c1-2-11(12(14)15)13-9-8-10-6-4-3-5-7-10/h10-11,13H,2-9H2,1H3,(H,14,15). The summed E-state index contributed by atoms with van der Waals surface area (Å²) in [6.07, 6.45) is 8.60. The quantitative estimate of drug-likeness (QED) is 0.712. The Labute approximate surface area is 92.3 Å². The van der Waals surface area contributed by atoms with E-state index in [0.717, 1.165) is 18.9 Å². The van der Waals surface area contributed by atoms with Crippen molar-refractivity contribution < 1.29 is 9.90 Å². The molecule has 3 heteroatoms. The molecule has 0 bridgehead atoms. The zero-order valence-corrected chi connectivity index (χ0v) is 9.67. The maximum absolute atomic E-state index is 10.8. The summed E-state index contributed by atoms with van der Waals surface area (Å²) in [7, 11) is 0. The van der Waals surface area contributed by atoms with Gasteiger partial charge in [-0.3, -0.25) is 4.79 Å². The van der Waals surface area contributed by atoms with Gasteiger partial charge in [-0.15, -0.1) is 0 Å². The number of aliphatic carboxylic acids is 1. The molecule has 0 heterocycles. The van der Waals surface area contributed by atoms with Crippen molar-refractivity contribution in [2.24, 2.45) is 5.92 Å². The first-order chi connectivity index (χ1) is 7.24. The van der Waals surface area contributed by atoms with Gasteiger partial charge in [0.25, 0.3) is 0 Å². The largest absolute Gasteiger partial charge is 0.480 e. The Bertz CT molecular complexity index is 188. The van der Waals surface area contributed by atoms with E-state index >= 15 is 0 Å². The van der Waals surface area contributed by atoms with Gasteiger partial charge in [-0.2, -0.15) is 0 Å². The molecule has 0 spiro atoms. The third-order valence-electron chi connectivity index (χ3n) is 3.37. The molecule has 1 unspecified atom stereocenters. The van der Waals surface area contributed by atoms with Crippen LogP contribution in [0.3, 0.4) is 0 Å². The normalized spacial score (nSPS) is 20.1. The molecular weight excluding hydrogens is 190 g/mol. The van der Waals surface area contributed by atoms with Gasteiger partial charge in [0.15, 0.2) is 0 Å². The Kier molecular flexibility index (Phi) is 5.69. The zero-order chi connectivity index (χ0) is 11.1. The molecule has 1 rings (SSSR count). The van der Waals surface area contributed by atoms with E-state index in [2.05, 4.69) is 5.32 Å². The van der Waals surface area contributed by atoms with Crippen LogP contribution < -0.4 is 5.32 Å². The minimum Gasteiger partial charge on any atom is -0.480 e. The second-order valence-corrected chi connectivity index (χ2v) is 4.55. The van der Waals surface area contributed by atoms with Crippen LogP contribution in [0.1, 0.15) is 51.9 Å².